The van der Waals surface area contributed by atoms with Crippen molar-refractivity contribution in [2.45, 2.75) is 39.8 Å². The lowest BCUT2D eigenvalue weighted by atomic mass is 10.1. The molecule has 1 aromatic carbocycles. The van der Waals surface area contributed by atoms with Gasteiger partial charge in [-0.15, -0.1) is 0 Å². The summed E-state index contributed by atoms with van der Waals surface area (Å²) in [5.41, 5.74) is 5.93. The van der Waals surface area contributed by atoms with Crippen molar-refractivity contribution in [1.82, 2.24) is 10.2 Å². The number of benzene rings is 1. The second-order valence-corrected chi connectivity index (χ2v) is 5.96. The molecule has 1 aromatic rings. The zero-order valence-corrected chi connectivity index (χ0v) is 14.6. The van der Waals surface area contributed by atoms with Gasteiger partial charge < -0.3 is 15.8 Å². The summed E-state index contributed by atoms with van der Waals surface area (Å²) in [5, 5.41) is 2.89. The molecule has 23 heavy (non-hydrogen) atoms. The molecular formula is C17H27N3O3. The molecular weight excluding hydrogens is 294 g/mol. The summed E-state index contributed by atoms with van der Waals surface area (Å²) in [6, 6.07) is 5.38. The summed E-state index contributed by atoms with van der Waals surface area (Å²) in [5.74, 6) is -0.450. The zero-order valence-electron chi connectivity index (χ0n) is 14.6. The minimum Gasteiger partial charge on any atom is -0.496 e. The second kappa shape index (κ2) is 8.53. The molecule has 0 aromatic heterocycles. The molecule has 0 saturated carbocycles. The lowest BCUT2D eigenvalue weighted by Gasteiger charge is -2.30. The molecule has 0 radical (unpaired) electrons. The van der Waals surface area contributed by atoms with Crippen LogP contribution in [-0.2, 0) is 0 Å². The van der Waals surface area contributed by atoms with Crippen LogP contribution in [0.4, 0.5) is 0 Å². The van der Waals surface area contributed by atoms with E-state index in [2.05, 4.69) is 37.9 Å². The first kappa shape index (κ1) is 19.0. The Bertz CT molecular complexity index is 548. The summed E-state index contributed by atoms with van der Waals surface area (Å²) in [6.07, 6.45) is 0. The molecule has 6 nitrogen and oxygen atoms in total. The molecule has 0 fully saturated rings. The smallest absolute Gasteiger partial charge is 0.255 e. The fourth-order valence-electron chi connectivity index (χ4n) is 2.54. The number of hydrogen-bond donors (Lipinski definition) is 2. The van der Waals surface area contributed by atoms with Crippen LogP contribution in [0.2, 0.25) is 0 Å². The number of nitrogens with zero attached hydrogens (tertiary/aromatic N) is 1. The van der Waals surface area contributed by atoms with Crippen LogP contribution in [0.25, 0.3) is 0 Å². The van der Waals surface area contributed by atoms with E-state index in [0.717, 1.165) is 6.54 Å². The highest BCUT2D eigenvalue weighted by atomic mass is 16.5. The molecule has 0 spiro atoms. The predicted molar refractivity (Wildman–Crippen MR) is 90.8 cm³/mol. The van der Waals surface area contributed by atoms with Gasteiger partial charge in [-0.1, -0.05) is 0 Å². The summed E-state index contributed by atoms with van der Waals surface area (Å²) >= 11 is 0. The molecule has 2 amide bonds. The molecule has 0 aliphatic carbocycles. The second-order valence-electron chi connectivity index (χ2n) is 5.96. The molecule has 0 heterocycles. The molecule has 128 valence electrons. The summed E-state index contributed by atoms with van der Waals surface area (Å²) in [7, 11) is 1.45. The third-order valence-corrected chi connectivity index (χ3v) is 3.71. The quantitative estimate of drug-likeness (QED) is 0.762. The third kappa shape index (κ3) is 5.25. The molecule has 0 atom stereocenters. The van der Waals surface area contributed by atoms with Crippen LogP contribution in [-0.4, -0.2) is 49.0 Å². The van der Waals surface area contributed by atoms with E-state index in [9.17, 15) is 9.59 Å². The Balaban J connectivity index is 2.73. The van der Waals surface area contributed by atoms with Crippen molar-refractivity contribution in [1.29, 1.82) is 0 Å². The number of carbonyl (C=O) groups excluding carboxylic acids is 2. The van der Waals surface area contributed by atoms with Gasteiger partial charge in [0.2, 0.25) is 5.91 Å². The van der Waals surface area contributed by atoms with Gasteiger partial charge in [0.05, 0.1) is 12.7 Å². The third-order valence-electron chi connectivity index (χ3n) is 3.71. The minimum absolute atomic E-state index is 0.231. The highest BCUT2D eigenvalue weighted by Gasteiger charge is 2.16. The maximum atomic E-state index is 12.3. The van der Waals surface area contributed by atoms with Crippen molar-refractivity contribution in [3.63, 3.8) is 0 Å². The van der Waals surface area contributed by atoms with Gasteiger partial charge >= 0.3 is 0 Å². The van der Waals surface area contributed by atoms with Crippen LogP contribution in [0.5, 0.6) is 5.75 Å². The van der Waals surface area contributed by atoms with E-state index >= 15 is 0 Å². The number of carbonyl (C=O) groups is 2. The Labute approximate surface area is 138 Å². The van der Waals surface area contributed by atoms with E-state index in [4.69, 9.17) is 10.5 Å². The first-order valence-corrected chi connectivity index (χ1v) is 7.79. The minimum atomic E-state index is -0.556. The van der Waals surface area contributed by atoms with Gasteiger partial charge in [0, 0.05) is 30.7 Å². The average molecular weight is 321 g/mol. The number of hydrogen-bond acceptors (Lipinski definition) is 4. The maximum absolute atomic E-state index is 12.3. The Morgan fingerprint density at radius 1 is 1.22 bits per heavy atom. The fraction of sp³-hybridized carbons (Fsp3) is 0.529. The number of primary amides is 1. The van der Waals surface area contributed by atoms with Crippen molar-refractivity contribution >= 4 is 11.8 Å². The number of rotatable bonds is 8. The molecule has 0 aliphatic rings. The van der Waals surface area contributed by atoms with Gasteiger partial charge in [0.1, 0.15) is 5.75 Å². The van der Waals surface area contributed by atoms with Gasteiger partial charge in [-0.3, -0.25) is 14.5 Å². The van der Waals surface area contributed by atoms with Gasteiger partial charge in [-0.2, -0.15) is 0 Å². The molecule has 0 aliphatic heterocycles. The van der Waals surface area contributed by atoms with Crippen LogP contribution in [0.1, 0.15) is 48.4 Å². The van der Waals surface area contributed by atoms with Gasteiger partial charge in [0.25, 0.3) is 5.91 Å². The van der Waals surface area contributed by atoms with Crippen molar-refractivity contribution in [3.05, 3.63) is 29.3 Å². The Hall–Kier alpha value is -2.08. The van der Waals surface area contributed by atoms with E-state index in [-0.39, 0.29) is 5.91 Å². The van der Waals surface area contributed by atoms with Gasteiger partial charge in [-0.05, 0) is 45.9 Å². The SMILES string of the molecule is COc1cc(C(N)=O)ccc1C(=O)NCCN(C(C)C)C(C)C. The summed E-state index contributed by atoms with van der Waals surface area (Å²) in [4.78, 5) is 25.8. The maximum Gasteiger partial charge on any atom is 0.255 e. The van der Waals surface area contributed by atoms with Crippen molar-refractivity contribution in [2.24, 2.45) is 5.73 Å². The van der Waals surface area contributed by atoms with Gasteiger partial charge in [0.15, 0.2) is 0 Å². The van der Waals surface area contributed by atoms with E-state index in [1.165, 1.54) is 19.2 Å². The van der Waals surface area contributed by atoms with Crippen LogP contribution < -0.4 is 15.8 Å². The van der Waals surface area contributed by atoms with Crippen LogP contribution >= 0.6 is 0 Å². The normalized spacial score (nSPS) is 11.1. The summed E-state index contributed by atoms with van der Waals surface area (Å²) in [6.45, 7) is 9.83. The molecule has 1 rings (SSSR count). The van der Waals surface area contributed by atoms with E-state index in [0.29, 0.717) is 35.5 Å². The predicted octanol–water partition coefficient (Wildman–Crippen LogP) is 1.64. The van der Waals surface area contributed by atoms with Gasteiger partial charge in [-0.25, -0.2) is 0 Å². The standard InChI is InChI=1S/C17H27N3O3/c1-11(2)20(12(3)4)9-8-19-17(22)14-7-6-13(16(18)21)10-15(14)23-5/h6-7,10-12H,8-9H2,1-5H3,(H2,18,21)(H,19,22). The number of amides is 2. The zero-order chi connectivity index (χ0) is 17.6. The number of ether oxygens (including phenoxy) is 1. The van der Waals surface area contributed by atoms with Crippen molar-refractivity contribution in [2.75, 3.05) is 20.2 Å². The van der Waals surface area contributed by atoms with Crippen LogP contribution in [0, 0.1) is 0 Å². The van der Waals surface area contributed by atoms with Crippen LogP contribution in [0.3, 0.4) is 0 Å². The van der Waals surface area contributed by atoms with E-state index in [1.807, 2.05) is 0 Å². The first-order chi connectivity index (χ1) is 10.8. The van der Waals surface area contributed by atoms with Crippen molar-refractivity contribution in [3.8, 4) is 5.75 Å². The number of methoxy groups -OCH3 is 1. The number of nitrogens with two attached hydrogens (primary N) is 1. The molecule has 0 bridgehead atoms. The summed E-state index contributed by atoms with van der Waals surface area (Å²) < 4.78 is 5.18. The topological polar surface area (TPSA) is 84.7 Å². The molecule has 0 unspecified atom stereocenters. The largest absolute Gasteiger partial charge is 0.496 e. The van der Waals surface area contributed by atoms with Crippen molar-refractivity contribution < 1.29 is 14.3 Å². The first-order valence-electron chi connectivity index (χ1n) is 7.79. The molecule has 0 saturated heterocycles. The van der Waals surface area contributed by atoms with Crippen LogP contribution in [0.15, 0.2) is 18.2 Å². The monoisotopic (exact) mass is 321 g/mol. The molecule has 3 N–H and O–H groups in total. The Morgan fingerprint density at radius 2 is 1.83 bits per heavy atom. The lowest BCUT2D eigenvalue weighted by molar-refractivity contribution is 0.0934. The highest BCUT2D eigenvalue weighted by Crippen LogP contribution is 2.20. The Morgan fingerprint density at radius 3 is 2.30 bits per heavy atom. The Kier molecular flexibility index (Phi) is 7.03. The highest BCUT2D eigenvalue weighted by molar-refractivity contribution is 5.99. The van der Waals surface area contributed by atoms with E-state index in [1.54, 1.807) is 6.07 Å². The van der Waals surface area contributed by atoms with E-state index < -0.39 is 5.91 Å². The average Bonchev–Trinajstić information content (AvgIpc) is 2.49. The fourth-order valence-corrected chi connectivity index (χ4v) is 2.54. The lowest BCUT2D eigenvalue weighted by Crippen LogP contribution is -2.42. The molecule has 6 heteroatoms. The number of nitrogens with one attached hydrogen (secondary N) is 1.